The van der Waals surface area contributed by atoms with Crippen molar-refractivity contribution < 1.29 is 5.11 Å². The lowest BCUT2D eigenvalue weighted by Crippen LogP contribution is -2.40. The number of nitrogens with one attached hydrogen (secondary N) is 1. The van der Waals surface area contributed by atoms with E-state index in [9.17, 15) is 5.11 Å². The molecule has 2 atom stereocenters. The Morgan fingerprint density at radius 3 is 3.06 bits per heavy atom. The molecule has 0 saturated carbocycles. The number of fused-ring (bicyclic) bond motifs is 1. The number of rotatable bonds is 4. The molecule has 0 amide bonds. The molecule has 2 nitrogen and oxygen atoms in total. The van der Waals surface area contributed by atoms with Gasteiger partial charge in [-0.25, -0.2) is 0 Å². The Bertz CT molecular complexity index is 334. The molecular weight excluding hydrogens is 218 g/mol. The summed E-state index contributed by atoms with van der Waals surface area (Å²) in [4.78, 5) is 1.53. The third kappa shape index (κ3) is 2.47. The Hall–Kier alpha value is -0.380. The lowest BCUT2D eigenvalue weighted by Gasteiger charge is -2.30. The van der Waals surface area contributed by atoms with E-state index in [-0.39, 0.29) is 12.6 Å². The second kappa shape index (κ2) is 5.30. The van der Waals surface area contributed by atoms with Crippen LogP contribution in [0.2, 0.25) is 0 Å². The van der Waals surface area contributed by atoms with Crippen LogP contribution in [0.5, 0.6) is 0 Å². The van der Waals surface area contributed by atoms with E-state index in [0.717, 1.165) is 0 Å². The lowest BCUT2D eigenvalue weighted by molar-refractivity contribution is 0.195. The minimum absolute atomic E-state index is 0.218. The van der Waals surface area contributed by atoms with Gasteiger partial charge in [-0.05, 0) is 42.2 Å². The average Bonchev–Trinajstić information content (AvgIpc) is 2.73. The van der Waals surface area contributed by atoms with E-state index in [1.165, 1.54) is 29.7 Å². The first kappa shape index (κ1) is 12.1. The lowest BCUT2D eigenvalue weighted by atomic mass is 9.92. The first-order valence-electron chi connectivity index (χ1n) is 6.15. The summed E-state index contributed by atoms with van der Waals surface area (Å²) in [5, 5.41) is 15.2. The van der Waals surface area contributed by atoms with E-state index in [4.69, 9.17) is 0 Å². The molecule has 0 saturated heterocycles. The maximum Gasteiger partial charge on any atom is 0.0587 e. The number of thiophene rings is 1. The second-order valence-corrected chi connectivity index (χ2v) is 5.94. The monoisotopic (exact) mass is 239 g/mol. The van der Waals surface area contributed by atoms with Crippen LogP contribution < -0.4 is 5.32 Å². The summed E-state index contributed by atoms with van der Waals surface area (Å²) in [6, 6.07) is 2.91. The molecule has 1 aromatic rings. The summed E-state index contributed by atoms with van der Waals surface area (Å²) in [5.41, 5.74) is 1.47. The third-order valence-corrected chi connectivity index (χ3v) is 4.47. The van der Waals surface area contributed by atoms with E-state index < -0.39 is 0 Å². The molecule has 16 heavy (non-hydrogen) atoms. The number of aryl methyl sites for hydroxylation is 1. The van der Waals surface area contributed by atoms with Crippen molar-refractivity contribution in [1.29, 1.82) is 0 Å². The molecule has 3 heteroatoms. The van der Waals surface area contributed by atoms with Crippen molar-refractivity contribution in [1.82, 2.24) is 5.32 Å². The van der Waals surface area contributed by atoms with E-state index >= 15 is 0 Å². The Morgan fingerprint density at radius 1 is 1.56 bits per heavy atom. The molecule has 1 aromatic heterocycles. The van der Waals surface area contributed by atoms with Gasteiger partial charge in [-0.1, -0.05) is 13.8 Å². The summed E-state index contributed by atoms with van der Waals surface area (Å²) in [6.07, 6.45) is 3.70. The van der Waals surface area contributed by atoms with Gasteiger partial charge in [-0.2, -0.15) is 0 Å². The maximum atomic E-state index is 9.37. The van der Waals surface area contributed by atoms with Crippen molar-refractivity contribution >= 4 is 11.3 Å². The predicted octanol–water partition coefficient (Wildman–Crippen LogP) is 2.73. The number of aliphatic hydroxyl groups excluding tert-OH is 1. The Kier molecular flexibility index (Phi) is 4.00. The highest BCUT2D eigenvalue weighted by Crippen LogP contribution is 2.33. The first-order valence-corrected chi connectivity index (χ1v) is 7.03. The number of hydrogen-bond acceptors (Lipinski definition) is 3. The van der Waals surface area contributed by atoms with Crippen LogP contribution in [-0.2, 0) is 6.42 Å². The van der Waals surface area contributed by atoms with Crippen LogP contribution in [0.3, 0.4) is 0 Å². The third-order valence-electron chi connectivity index (χ3n) is 3.47. The fraction of sp³-hybridized carbons (Fsp3) is 0.692. The van der Waals surface area contributed by atoms with Gasteiger partial charge >= 0.3 is 0 Å². The zero-order valence-corrected chi connectivity index (χ0v) is 10.9. The molecule has 2 N–H and O–H groups in total. The Balaban J connectivity index is 2.07. The SMILES string of the molecule is CC(C)[C@@H](CO)NC1CCCc2sccc21. The summed E-state index contributed by atoms with van der Waals surface area (Å²) < 4.78 is 0. The van der Waals surface area contributed by atoms with Crippen molar-refractivity contribution in [3.63, 3.8) is 0 Å². The molecule has 0 spiro atoms. The standard InChI is InChI=1S/C13H21NOS/c1-9(2)12(8-15)14-11-4-3-5-13-10(11)6-7-16-13/h6-7,9,11-12,14-15H,3-5,8H2,1-2H3/t11?,12-/m1/s1. The molecule has 0 aromatic carbocycles. The predicted molar refractivity (Wildman–Crippen MR) is 68.8 cm³/mol. The van der Waals surface area contributed by atoms with Crippen molar-refractivity contribution in [2.75, 3.05) is 6.61 Å². The molecule has 0 bridgehead atoms. The fourth-order valence-corrected chi connectivity index (χ4v) is 3.36. The van der Waals surface area contributed by atoms with Gasteiger partial charge < -0.3 is 10.4 Å². The van der Waals surface area contributed by atoms with Crippen LogP contribution in [0.1, 0.15) is 43.2 Å². The van der Waals surface area contributed by atoms with Crippen molar-refractivity contribution in [3.05, 3.63) is 21.9 Å². The van der Waals surface area contributed by atoms with Crippen molar-refractivity contribution in [2.45, 2.75) is 45.2 Å². The molecule has 90 valence electrons. The summed E-state index contributed by atoms with van der Waals surface area (Å²) in [7, 11) is 0. The Labute approximate surface area is 102 Å². The summed E-state index contributed by atoms with van der Waals surface area (Å²) >= 11 is 1.87. The van der Waals surface area contributed by atoms with Gasteiger partial charge in [0.1, 0.15) is 0 Å². The van der Waals surface area contributed by atoms with Crippen molar-refractivity contribution in [2.24, 2.45) is 5.92 Å². The topological polar surface area (TPSA) is 32.3 Å². The zero-order valence-electron chi connectivity index (χ0n) is 10.1. The molecule has 0 fully saturated rings. The summed E-state index contributed by atoms with van der Waals surface area (Å²) in [5.74, 6) is 0.481. The molecule has 2 rings (SSSR count). The normalized spacial score (nSPS) is 22.1. The molecular formula is C13H21NOS. The minimum Gasteiger partial charge on any atom is -0.395 e. The highest BCUT2D eigenvalue weighted by atomic mass is 32.1. The quantitative estimate of drug-likeness (QED) is 0.847. The molecule has 1 aliphatic carbocycles. The van der Waals surface area contributed by atoms with E-state index in [2.05, 4.69) is 30.6 Å². The molecule has 0 aliphatic heterocycles. The molecule has 1 heterocycles. The highest BCUT2D eigenvalue weighted by molar-refractivity contribution is 7.10. The zero-order chi connectivity index (χ0) is 11.5. The van der Waals surface area contributed by atoms with Gasteiger partial charge in [0.2, 0.25) is 0 Å². The Morgan fingerprint density at radius 2 is 2.38 bits per heavy atom. The van der Waals surface area contributed by atoms with Crippen LogP contribution in [0.25, 0.3) is 0 Å². The van der Waals surface area contributed by atoms with Gasteiger partial charge in [0.15, 0.2) is 0 Å². The summed E-state index contributed by atoms with van der Waals surface area (Å²) in [6.45, 7) is 4.55. The van der Waals surface area contributed by atoms with Crippen LogP contribution in [0.4, 0.5) is 0 Å². The van der Waals surface area contributed by atoms with Gasteiger partial charge in [0, 0.05) is 17.0 Å². The molecule has 0 radical (unpaired) electrons. The smallest absolute Gasteiger partial charge is 0.0587 e. The van der Waals surface area contributed by atoms with Crippen LogP contribution >= 0.6 is 11.3 Å². The largest absolute Gasteiger partial charge is 0.395 e. The van der Waals surface area contributed by atoms with E-state index in [0.29, 0.717) is 12.0 Å². The minimum atomic E-state index is 0.218. The fourth-order valence-electron chi connectivity index (χ4n) is 2.37. The van der Waals surface area contributed by atoms with Gasteiger partial charge in [-0.3, -0.25) is 0 Å². The van der Waals surface area contributed by atoms with Crippen LogP contribution in [0.15, 0.2) is 11.4 Å². The van der Waals surface area contributed by atoms with Crippen LogP contribution in [-0.4, -0.2) is 17.8 Å². The van der Waals surface area contributed by atoms with Crippen LogP contribution in [0, 0.1) is 5.92 Å². The second-order valence-electron chi connectivity index (χ2n) is 4.94. The van der Waals surface area contributed by atoms with E-state index in [1.807, 2.05) is 11.3 Å². The number of aliphatic hydroxyl groups is 1. The average molecular weight is 239 g/mol. The van der Waals surface area contributed by atoms with Gasteiger partial charge in [-0.15, -0.1) is 11.3 Å². The van der Waals surface area contributed by atoms with Gasteiger partial charge in [0.05, 0.1) is 6.61 Å². The number of hydrogen-bond donors (Lipinski definition) is 2. The van der Waals surface area contributed by atoms with Gasteiger partial charge in [0.25, 0.3) is 0 Å². The molecule has 1 unspecified atom stereocenters. The van der Waals surface area contributed by atoms with Crippen molar-refractivity contribution in [3.8, 4) is 0 Å². The highest BCUT2D eigenvalue weighted by Gasteiger charge is 2.24. The maximum absolute atomic E-state index is 9.37. The first-order chi connectivity index (χ1) is 7.72. The molecule has 1 aliphatic rings. The van der Waals surface area contributed by atoms with E-state index in [1.54, 1.807) is 0 Å².